The van der Waals surface area contributed by atoms with Crippen molar-refractivity contribution in [1.82, 2.24) is 0 Å². The molecule has 3 atom stereocenters. The Morgan fingerprint density at radius 3 is 2.17 bits per heavy atom. The van der Waals surface area contributed by atoms with Gasteiger partial charge in [-0.05, 0) is 54.4 Å². The molecule has 0 saturated carbocycles. The standard InChI is InChI=1S/C24H19FN2O3/c1-15-7-5-6-10-19(15)21-20-22(30-27(21)18-8-3-2-4-9-18)24(29)26(23(20)28)17-13-11-16(25)12-14-17/h2-14,20-22H,1H3. The Bertz CT molecular complexity index is 1120. The van der Waals surface area contributed by atoms with E-state index in [1.165, 1.54) is 24.3 Å². The largest absolute Gasteiger partial charge is 0.273 e. The summed E-state index contributed by atoms with van der Waals surface area (Å²) >= 11 is 0. The van der Waals surface area contributed by atoms with Crippen molar-refractivity contribution in [2.45, 2.75) is 19.1 Å². The summed E-state index contributed by atoms with van der Waals surface area (Å²) in [5, 5.41) is 1.68. The minimum atomic E-state index is -0.938. The van der Waals surface area contributed by atoms with Gasteiger partial charge >= 0.3 is 0 Å². The Kier molecular flexibility index (Phi) is 4.37. The van der Waals surface area contributed by atoms with Crippen molar-refractivity contribution in [3.63, 3.8) is 0 Å². The van der Waals surface area contributed by atoms with Gasteiger partial charge in [-0.25, -0.2) is 14.4 Å². The number of carbonyl (C=O) groups is 2. The molecule has 5 nitrogen and oxygen atoms in total. The van der Waals surface area contributed by atoms with Gasteiger partial charge in [0, 0.05) is 0 Å². The second-order valence-electron chi connectivity index (χ2n) is 7.50. The molecule has 150 valence electrons. The number of para-hydroxylation sites is 1. The number of amides is 2. The first-order valence-corrected chi connectivity index (χ1v) is 9.76. The van der Waals surface area contributed by atoms with Crippen LogP contribution in [-0.4, -0.2) is 17.9 Å². The van der Waals surface area contributed by atoms with E-state index in [4.69, 9.17) is 4.84 Å². The molecule has 2 aliphatic rings. The molecule has 0 radical (unpaired) electrons. The third-order valence-corrected chi connectivity index (χ3v) is 5.72. The van der Waals surface area contributed by atoms with E-state index in [-0.39, 0.29) is 5.91 Å². The van der Waals surface area contributed by atoms with E-state index < -0.39 is 29.8 Å². The maximum Gasteiger partial charge on any atom is 0.266 e. The number of imide groups is 1. The van der Waals surface area contributed by atoms with Gasteiger partial charge in [0.1, 0.15) is 11.7 Å². The highest BCUT2D eigenvalue weighted by atomic mass is 19.1. The zero-order valence-electron chi connectivity index (χ0n) is 16.2. The van der Waals surface area contributed by atoms with E-state index in [2.05, 4.69) is 0 Å². The van der Waals surface area contributed by atoms with Gasteiger partial charge < -0.3 is 0 Å². The third-order valence-electron chi connectivity index (χ3n) is 5.72. The number of hydrogen-bond acceptors (Lipinski definition) is 4. The van der Waals surface area contributed by atoms with Crippen LogP contribution < -0.4 is 9.96 Å². The Hall–Kier alpha value is -3.51. The molecule has 0 aliphatic carbocycles. The lowest BCUT2D eigenvalue weighted by Gasteiger charge is -2.29. The molecule has 2 aliphatic heterocycles. The average molecular weight is 402 g/mol. The molecule has 0 aromatic heterocycles. The smallest absolute Gasteiger partial charge is 0.266 e. The summed E-state index contributed by atoms with van der Waals surface area (Å²) in [4.78, 5) is 33.9. The lowest BCUT2D eigenvalue weighted by atomic mass is 9.88. The van der Waals surface area contributed by atoms with E-state index in [0.29, 0.717) is 5.69 Å². The van der Waals surface area contributed by atoms with Crippen LogP contribution >= 0.6 is 0 Å². The van der Waals surface area contributed by atoms with Crippen molar-refractivity contribution in [3.05, 3.63) is 95.8 Å². The van der Waals surface area contributed by atoms with Crippen LogP contribution in [0.3, 0.4) is 0 Å². The van der Waals surface area contributed by atoms with Gasteiger partial charge in [0.2, 0.25) is 5.91 Å². The normalized spacial score (nSPS) is 23.2. The van der Waals surface area contributed by atoms with Crippen molar-refractivity contribution in [1.29, 1.82) is 0 Å². The molecule has 3 aromatic carbocycles. The molecule has 0 spiro atoms. The molecule has 2 heterocycles. The fraction of sp³-hybridized carbons (Fsp3) is 0.167. The molecular weight excluding hydrogens is 383 g/mol. The van der Waals surface area contributed by atoms with Gasteiger partial charge in [0.15, 0.2) is 6.10 Å². The van der Waals surface area contributed by atoms with Crippen LogP contribution in [0.1, 0.15) is 17.2 Å². The number of rotatable bonds is 3. The predicted octanol–water partition coefficient (Wildman–Crippen LogP) is 4.19. The highest BCUT2D eigenvalue weighted by molar-refractivity contribution is 6.23. The molecule has 3 unspecified atom stereocenters. The second-order valence-corrected chi connectivity index (χ2v) is 7.50. The van der Waals surface area contributed by atoms with Crippen molar-refractivity contribution < 1.29 is 18.8 Å². The number of nitrogens with zero attached hydrogens (tertiary/aromatic N) is 2. The molecule has 3 aromatic rings. The third kappa shape index (κ3) is 2.80. The van der Waals surface area contributed by atoms with Gasteiger partial charge in [-0.15, -0.1) is 0 Å². The van der Waals surface area contributed by atoms with Gasteiger partial charge in [-0.3, -0.25) is 14.4 Å². The van der Waals surface area contributed by atoms with E-state index in [1.54, 1.807) is 5.06 Å². The summed E-state index contributed by atoms with van der Waals surface area (Å²) < 4.78 is 13.3. The number of benzene rings is 3. The number of halogens is 1. The molecule has 2 fully saturated rings. The van der Waals surface area contributed by atoms with Gasteiger partial charge in [0.25, 0.3) is 5.91 Å². The van der Waals surface area contributed by atoms with Crippen LogP contribution in [-0.2, 0) is 14.4 Å². The fourth-order valence-corrected chi connectivity index (χ4v) is 4.29. The Labute approximate surface area is 173 Å². The van der Waals surface area contributed by atoms with Crippen molar-refractivity contribution in [2.75, 3.05) is 9.96 Å². The summed E-state index contributed by atoms with van der Waals surface area (Å²) in [6, 6.07) is 22.1. The summed E-state index contributed by atoms with van der Waals surface area (Å²) in [6.07, 6.45) is -0.938. The minimum Gasteiger partial charge on any atom is -0.273 e. The molecule has 5 rings (SSSR count). The van der Waals surface area contributed by atoms with Gasteiger partial charge in [-0.2, -0.15) is 0 Å². The molecule has 6 heteroatoms. The Balaban J connectivity index is 1.60. The number of hydrogen-bond donors (Lipinski definition) is 0. The molecule has 2 saturated heterocycles. The quantitative estimate of drug-likeness (QED) is 0.617. The minimum absolute atomic E-state index is 0.344. The molecule has 0 N–H and O–H groups in total. The SMILES string of the molecule is Cc1ccccc1C1C2C(=O)N(c3ccc(F)cc3)C(=O)C2ON1c1ccccc1. The van der Waals surface area contributed by atoms with E-state index in [1.807, 2.05) is 61.5 Å². The number of hydroxylamine groups is 1. The zero-order valence-corrected chi connectivity index (χ0v) is 16.2. The lowest BCUT2D eigenvalue weighted by Crippen LogP contribution is -2.37. The van der Waals surface area contributed by atoms with Crippen LogP contribution in [0.2, 0.25) is 0 Å². The molecular formula is C24H19FN2O3. The highest BCUT2D eigenvalue weighted by Gasteiger charge is 2.60. The topological polar surface area (TPSA) is 49.9 Å². The number of anilines is 2. The molecule has 30 heavy (non-hydrogen) atoms. The maximum atomic E-state index is 13.5. The molecule has 0 bridgehead atoms. The summed E-state index contributed by atoms with van der Waals surface area (Å²) in [7, 11) is 0. The van der Waals surface area contributed by atoms with Gasteiger partial charge in [0.05, 0.1) is 17.4 Å². The lowest BCUT2D eigenvalue weighted by molar-refractivity contribution is -0.126. The zero-order chi connectivity index (χ0) is 20.8. The maximum absolute atomic E-state index is 13.5. The Morgan fingerprint density at radius 2 is 1.47 bits per heavy atom. The van der Waals surface area contributed by atoms with Crippen molar-refractivity contribution in [2.24, 2.45) is 5.92 Å². The highest BCUT2D eigenvalue weighted by Crippen LogP contribution is 2.48. The molecule has 2 amide bonds. The fourth-order valence-electron chi connectivity index (χ4n) is 4.29. The van der Waals surface area contributed by atoms with Crippen LogP contribution in [0.25, 0.3) is 0 Å². The summed E-state index contributed by atoms with van der Waals surface area (Å²) in [5.74, 6) is -1.91. The number of aryl methyl sites for hydroxylation is 1. The summed E-state index contributed by atoms with van der Waals surface area (Å²) in [6.45, 7) is 1.98. The number of fused-ring (bicyclic) bond motifs is 1. The van der Waals surface area contributed by atoms with E-state index in [0.717, 1.165) is 21.7 Å². The first-order valence-electron chi connectivity index (χ1n) is 9.76. The first-order chi connectivity index (χ1) is 14.6. The van der Waals surface area contributed by atoms with Crippen LogP contribution in [0.4, 0.5) is 15.8 Å². The van der Waals surface area contributed by atoms with Crippen LogP contribution in [0.5, 0.6) is 0 Å². The van der Waals surface area contributed by atoms with Crippen LogP contribution in [0, 0.1) is 18.7 Å². The second kappa shape index (κ2) is 7.07. The van der Waals surface area contributed by atoms with Crippen molar-refractivity contribution in [3.8, 4) is 0 Å². The number of carbonyl (C=O) groups excluding carboxylic acids is 2. The monoisotopic (exact) mass is 402 g/mol. The summed E-state index contributed by atoms with van der Waals surface area (Å²) in [5.41, 5.74) is 3.05. The van der Waals surface area contributed by atoms with Crippen molar-refractivity contribution >= 4 is 23.2 Å². The van der Waals surface area contributed by atoms with Crippen LogP contribution in [0.15, 0.2) is 78.9 Å². The predicted molar refractivity (Wildman–Crippen MR) is 110 cm³/mol. The first kappa shape index (κ1) is 18.5. The Morgan fingerprint density at radius 1 is 0.800 bits per heavy atom. The average Bonchev–Trinajstić information content (AvgIpc) is 3.26. The van der Waals surface area contributed by atoms with Gasteiger partial charge in [-0.1, -0.05) is 42.5 Å². The van der Waals surface area contributed by atoms with E-state index in [9.17, 15) is 14.0 Å². The van der Waals surface area contributed by atoms with E-state index >= 15 is 0 Å².